The number of sulfonamides is 1. The summed E-state index contributed by atoms with van der Waals surface area (Å²) >= 11 is 0. The van der Waals surface area contributed by atoms with Crippen molar-refractivity contribution < 1.29 is 27.4 Å². The maximum absolute atomic E-state index is 13.5. The van der Waals surface area contributed by atoms with Crippen LogP contribution < -0.4 is 9.47 Å². The van der Waals surface area contributed by atoms with Crippen molar-refractivity contribution in [1.29, 1.82) is 0 Å². The van der Waals surface area contributed by atoms with E-state index >= 15 is 0 Å². The minimum atomic E-state index is -3.88. The minimum Gasteiger partial charge on any atom is -0.497 e. The molecule has 1 aromatic rings. The molecule has 1 spiro atoms. The molecule has 3 rings (SSSR count). The molecule has 156 valence electrons. The van der Waals surface area contributed by atoms with E-state index in [1.54, 1.807) is 12.1 Å². The molecule has 0 N–H and O–H groups in total. The van der Waals surface area contributed by atoms with Gasteiger partial charge in [-0.1, -0.05) is 0 Å². The van der Waals surface area contributed by atoms with Crippen molar-refractivity contribution in [3.05, 3.63) is 18.2 Å². The number of likely N-dealkylation sites (N-methyl/N-ethyl adjacent to an activating group) is 1. The molecule has 0 bridgehead atoms. The summed E-state index contributed by atoms with van der Waals surface area (Å²) in [5.74, 6) is 0.672. The second-order valence-corrected chi connectivity index (χ2v) is 8.99. The van der Waals surface area contributed by atoms with E-state index in [1.165, 1.54) is 24.6 Å². The van der Waals surface area contributed by atoms with E-state index in [4.69, 9.17) is 14.2 Å². The van der Waals surface area contributed by atoms with Crippen LogP contribution in [0.5, 0.6) is 11.5 Å². The highest BCUT2D eigenvalue weighted by Crippen LogP contribution is 2.36. The van der Waals surface area contributed by atoms with Crippen molar-refractivity contribution in [2.24, 2.45) is 0 Å². The average Bonchev–Trinajstić information content (AvgIpc) is 2.84. The zero-order valence-corrected chi connectivity index (χ0v) is 17.5. The predicted octanol–water partition coefficient (Wildman–Crippen LogP) is 1.50. The fourth-order valence-electron chi connectivity index (χ4n) is 4.13. The van der Waals surface area contributed by atoms with Gasteiger partial charge in [0.05, 0.1) is 19.8 Å². The van der Waals surface area contributed by atoms with Gasteiger partial charge in [-0.2, -0.15) is 4.31 Å². The van der Waals surface area contributed by atoms with Gasteiger partial charge in [0.1, 0.15) is 16.4 Å². The second kappa shape index (κ2) is 8.26. The molecule has 2 aliphatic rings. The van der Waals surface area contributed by atoms with Gasteiger partial charge in [-0.05, 0) is 31.9 Å². The lowest BCUT2D eigenvalue weighted by atomic mass is 9.88. The van der Waals surface area contributed by atoms with Gasteiger partial charge in [0.25, 0.3) is 0 Å². The Kier molecular flexibility index (Phi) is 6.16. The van der Waals surface area contributed by atoms with Gasteiger partial charge in [0.15, 0.2) is 0 Å². The summed E-state index contributed by atoms with van der Waals surface area (Å²) in [4.78, 5) is 14.7. The third kappa shape index (κ3) is 3.70. The molecule has 1 amide bonds. The van der Waals surface area contributed by atoms with E-state index in [0.717, 1.165) is 0 Å². The van der Waals surface area contributed by atoms with E-state index in [-0.39, 0.29) is 36.1 Å². The molecule has 0 aliphatic carbocycles. The molecule has 9 heteroatoms. The monoisotopic (exact) mass is 412 g/mol. The molecular formula is C19H28N2O6S. The molecule has 0 atom stereocenters. The molecule has 28 heavy (non-hydrogen) atoms. The fourth-order valence-corrected chi connectivity index (χ4v) is 5.82. The van der Waals surface area contributed by atoms with E-state index in [0.29, 0.717) is 38.3 Å². The lowest BCUT2D eigenvalue weighted by Crippen LogP contribution is -2.58. The minimum absolute atomic E-state index is 0.0142. The van der Waals surface area contributed by atoms with Gasteiger partial charge in [0.2, 0.25) is 15.9 Å². The van der Waals surface area contributed by atoms with Gasteiger partial charge in [-0.3, -0.25) is 4.79 Å². The number of nitrogens with zero attached hydrogens (tertiary/aromatic N) is 2. The number of benzene rings is 1. The highest BCUT2D eigenvalue weighted by atomic mass is 32.2. The first kappa shape index (κ1) is 20.9. The standard InChI is InChI=1S/C19H28N2O6S/c1-4-21-18(22)7-10-20(14-19(21)8-11-27-12-9-19)28(23,24)17-13-15(25-2)5-6-16(17)26-3/h5-6,13H,4,7-12,14H2,1-3H3. The first-order valence-corrected chi connectivity index (χ1v) is 10.9. The Morgan fingerprint density at radius 2 is 1.89 bits per heavy atom. The maximum Gasteiger partial charge on any atom is 0.246 e. The van der Waals surface area contributed by atoms with Crippen molar-refractivity contribution in [2.45, 2.75) is 36.6 Å². The summed E-state index contributed by atoms with van der Waals surface area (Å²) in [5.41, 5.74) is -0.542. The summed E-state index contributed by atoms with van der Waals surface area (Å²) in [5, 5.41) is 0. The summed E-state index contributed by atoms with van der Waals surface area (Å²) in [6, 6.07) is 4.70. The van der Waals surface area contributed by atoms with Gasteiger partial charge in [0, 0.05) is 45.3 Å². The predicted molar refractivity (Wildman–Crippen MR) is 103 cm³/mol. The van der Waals surface area contributed by atoms with Crippen molar-refractivity contribution in [2.75, 3.05) is 47.1 Å². The number of ether oxygens (including phenoxy) is 3. The zero-order chi connectivity index (χ0) is 20.4. The van der Waals surface area contributed by atoms with Crippen LogP contribution in [0.2, 0.25) is 0 Å². The van der Waals surface area contributed by atoms with Crippen molar-refractivity contribution in [3.8, 4) is 11.5 Å². The Hall–Kier alpha value is -1.84. The molecule has 8 nitrogen and oxygen atoms in total. The Morgan fingerprint density at radius 1 is 1.18 bits per heavy atom. The molecule has 2 fully saturated rings. The van der Waals surface area contributed by atoms with Gasteiger partial charge in [-0.15, -0.1) is 0 Å². The Balaban J connectivity index is 2.03. The molecule has 2 heterocycles. The van der Waals surface area contributed by atoms with Crippen LogP contribution in [-0.2, 0) is 19.6 Å². The smallest absolute Gasteiger partial charge is 0.246 e. The fraction of sp³-hybridized carbons (Fsp3) is 0.632. The highest BCUT2D eigenvalue weighted by molar-refractivity contribution is 7.89. The largest absolute Gasteiger partial charge is 0.497 e. The second-order valence-electron chi connectivity index (χ2n) is 7.08. The molecule has 2 aliphatic heterocycles. The topological polar surface area (TPSA) is 85.4 Å². The third-order valence-corrected chi connectivity index (χ3v) is 7.51. The Labute approximate surface area is 166 Å². The summed E-state index contributed by atoms with van der Waals surface area (Å²) in [7, 11) is -0.961. The lowest BCUT2D eigenvalue weighted by molar-refractivity contribution is -0.139. The summed E-state index contributed by atoms with van der Waals surface area (Å²) in [6.07, 6.45) is 1.39. The SMILES string of the molecule is CCN1C(=O)CCN(S(=O)(=O)c2cc(OC)ccc2OC)CC12CCOCC2. The number of carbonyl (C=O) groups is 1. The number of amides is 1. The average molecular weight is 413 g/mol. The third-order valence-electron chi connectivity index (χ3n) is 5.65. The number of rotatable bonds is 5. The number of hydrogen-bond acceptors (Lipinski definition) is 6. The Morgan fingerprint density at radius 3 is 2.50 bits per heavy atom. The Bertz CT molecular complexity index is 820. The van der Waals surface area contributed by atoms with Gasteiger partial charge >= 0.3 is 0 Å². The van der Waals surface area contributed by atoms with Gasteiger partial charge < -0.3 is 19.1 Å². The number of carbonyl (C=O) groups excluding carboxylic acids is 1. The van der Waals surface area contributed by atoms with Crippen molar-refractivity contribution in [1.82, 2.24) is 9.21 Å². The van der Waals surface area contributed by atoms with Gasteiger partial charge in [-0.25, -0.2) is 8.42 Å². The molecule has 2 saturated heterocycles. The van der Waals surface area contributed by atoms with E-state index in [2.05, 4.69) is 0 Å². The molecule has 1 aromatic carbocycles. The van der Waals surface area contributed by atoms with Crippen molar-refractivity contribution in [3.63, 3.8) is 0 Å². The summed E-state index contributed by atoms with van der Waals surface area (Å²) in [6.45, 7) is 3.90. The molecule has 0 unspecified atom stereocenters. The maximum atomic E-state index is 13.5. The molecule has 0 saturated carbocycles. The normalized spacial score (nSPS) is 20.8. The lowest BCUT2D eigenvalue weighted by Gasteiger charge is -2.46. The molecular weight excluding hydrogens is 384 g/mol. The number of methoxy groups -OCH3 is 2. The van der Waals surface area contributed by atoms with Crippen LogP contribution in [0.25, 0.3) is 0 Å². The van der Waals surface area contributed by atoms with Crippen LogP contribution >= 0.6 is 0 Å². The van der Waals surface area contributed by atoms with Crippen LogP contribution in [0.15, 0.2) is 23.1 Å². The molecule has 0 radical (unpaired) electrons. The van der Waals surface area contributed by atoms with E-state index < -0.39 is 15.6 Å². The quantitative estimate of drug-likeness (QED) is 0.729. The molecule has 0 aromatic heterocycles. The highest BCUT2D eigenvalue weighted by Gasteiger charge is 2.46. The first-order chi connectivity index (χ1) is 13.4. The van der Waals surface area contributed by atoms with E-state index in [9.17, 15) is 13.2 Å². The zero-order valence-electron chi connectivity index (χ0n) is 16.6. The van der Waals surface area contributed by atoms with E-state index in [1.807, 2.05) is 11.8 Å². The van der Waals surface area contributed by atoms with Crippen LogP contribution in [0.4, 0.5) is 0 Å². The first-order valence-electron chi connectivity index (χ1n) is 9.48. The van der Waals surface area contributed by atoms with Crippen LogP contribution in [-0.4, -0.2) is 76.1 Å². The summed E-state index contributed by atoms with van der Waals surface area (Å²) < 4.78 is 44.5. The van der Waals surface area contributed by atoms with Crippen molar-refractivity contribution >= 4 is 15.9 Å². The van der Waals surface area contributed by atoms with Crippen LogP contribution in [0.1, 0.15) is 26.2 Å². The van der Waals surface area contributed by atoms with Crippen LogP contribution in [0.3, 0.4) is 0 Å². The van der Waals surface area contributed by atoms with Crippen LogP contribution in [0, 0.1) is 0 Å². The number of hydrogen-bond donors (Lipinski definition) is 0.